The highest BCUT2D eigenvalue weighted by atomic mass is 79.9. The van der Waals surface area contributed by atoms with Crippen molar-refractivity contribution < 1.29 is 9.59 Å². The topological polar surface area (TPSA) is 93.2 Å². The Kier molecular flexibility index (Phi) is 4.68. The van der Waals surface area contributed by atoms with Crippen LogP contribution in [0, 0.1) is 0 Å². The van der Waals surface area contributed by atoms with Crippen molar-refractivity contribution in [3.05, 3.63) is 51.5 Å². The van der Waals surface area contributed by atoms with Crippen molar-refractivity contribution in [2.45, 2.75) is 19.6 Å². The fraction of sp³-hybridized carbons (Fsp3) is 0.312. The molecule has 1 aromatic heterocycles. The van der Waals surface area contributed by atoms with Gasteiger partial charge in [0.25, 0.3) is 5.91 Å². The standard InChI is InChI=1S/C16H18BrN5O2/c1-21(9-10-3-2-4-11(7-10)15(18)23)16(24)13-14(17)22-6-5-19-8-12(22)20-13/h2-4,7,19H,5-6,8-9H2,1H3,(H2,18,23). The monoisotopic (exact) mass is 391 g/mol. The van der Waals surface area contributed by atoms with Crippen LogP contribution in [0.2, 0.25) is 0 Å². The summed E-state index contributed by atoms with van der Waals surface area (Å²) in [5.74, 6) is 0.191. The molecule has 0 aliphatic carbocycles. The maximum atomic E-state index is 12.7. The van der Waals surface area contributed by atoms with Crippen LogP contribution in [0.1, 0.15) is 32.2 Å². The van der Waals surface area contributed by atoms with E-state index >= 15 is 0 Å². The number of hydrogen-bond donors (Lipinski definition) is 2. The fourth-order valence-electron chi connectivity index (χ4n) is 2.72. The number of nitrogens with two attached hydrogens (primary N) is 1. The zero-order valence-corrected chi connectivity index (χ0v) is 14.8. The van der Waals surface area contributed by atoms with E-state index in [1.54, 1.807) is 30.1 Å². The number of primary amides is 1. The Morgan fingerprint density at radius 2 is 2.25 bits per heavy atom. The van der Waals surface area contributed by atoms with E-state index in [0.29, 0.717) is 29.0 Å². The van der Waals surface area contributed by atoms with Gasteiger partial charge >= 0.3 is 0 Å². The Morgan fingerprint density at radius 1 is 1.46 bits per heavy atom. The summed E-state index contributed by atoms with van der Waals surface area (Å²) >= 11 is 3.49. The SMILES string of the molecule is CN(Cc1cccc(C(N)=O)c1)C(=O)c1nc2n(c1Br)CCNC2. The summed E-state index contributed by atoms with van der Waals surface area (Å²) in [6.45, 7) is 2.65. The van der Waals surface area contributed by atoms with E-state index in [0.717, 1.165) is 24.5 Å². The molecule has 8 heteroatoms. The Balaban J connectivity index is 1.79. The summed E-state index contributed by atoms with van der Waals surface area (Å²) in [4.78, 5) is 30.0. The molecule has 0 saturated heterocycles. The van der Waals surface area contributed by atoms with Crippen molar-refractivity contribution in [2.24, 2.45) is 5.73 Å². The number of hydrogen-bond acceptors (Lipinski definition) is 4. The van der Waals surface area contributed by atoms with Gasteiger partial charge in [0.15, 0.2) is 5.69 Å². The van der Waals surface area contributed by atoms with Crippen LogP contribution >= 0.6 is 15.9 Å². The van der Waals surface area contributed by atoms with E-state index in [1.807, 2.05) is 10.6 Å². The summed E-state index contributed by atoms with van der Waals surface area (Å²) < 4.78 is 2.72. The van der Waals surface area contributed by atoms with Gasteiger partial charge in [-0.3, -0.25) is 9.59 Å². The van der Waals surface area contributed by atoms with Crippen molar-refractivity contribution in [1.82, 2.24) is 19.8 Å². The summed E-state index contributed by atoms with van der Waals surface area (Å²) in [6.07, 6.45) is 0. The molecule has 1 aliphatic rings. The van der Waals surface area contributed by atoms with Gasteiger partial charge in [0.05, 0.1) is 6.54 Å². The molecule has 0 bridgehead atoms. The van der Waals surface area contributed by atoms with Gasteiger partial charge in [-0.05, 0) is 33.6 Å². The lowest BCUT2D eigenvalue weighted by atomic mass is 10.1. The number of amides is 2. The number of nitrogens with zero attached hydrogens (tertiary/aromatic N) is 3. The molecule has 2 aromatic rings. The van der Waals surface area contributed by atoms with Crippen LogP contribution in [-0.2, 0) is 19.6 Å². The zero-order valence-electron chi connectivity index (χ0n) is 13.3. The molecule has 1 aliphatic heterocycles. The lowest BCUT2D eigenvalue weighted by Crippen LogP contribution is -2.28. The highest BCUT2D eigenvalue weighted by Gasteiger charge is 2.24. The third-order valence-electron chi connectivity index (χ3n) is 3.96. The lowest BCUT2D eigenvalue weighted by Gasteiger charge is -2.17. The predicted octanol–water partition coefficient (Wildman–Crippen LogP) is 1.12. The van der Waals surface area contributed by atoms with Gasteiger partial charge < -0.3 is 20.5 Å². The molecule has 0 spiro atoms. The molecular formula is C16H18BrN5O2. The summed E-state index contributed by atoms with van der Waals surface area (Å²) in [6, 6.07) is 6.96. The lowest BCUT2D eigenvalue weighted by molar-refractivity contribution is 0.0778. The molecular weight excluding hydrogens is 374 g/mol. The normalized spacial score (nSPS) is 13.4. The quantitative estimate of drug-likeness (QED) is 0.816. The van der Waals surface area contributed by atoms with E-state index in [4.69, 9.17) is 5.73 Å². The summed E-state index contributed by atoms with van der Waals surface area (Å²) in [5, 5.41) is 3.23. The van der Waals surface area contributed by atoms with Gasteiger partial charge in [-0.15, -0.1) is 0 Å². The van der Waals surface area contributed by atoms with Crippen LogP contribution in [-0.4, -0.2) is 39.9 Å². The average Bonchev–Trinajstić information content (AvgIpc) is 2.91. The number of fused-ring (bicyclic) bond motifs is 1. The molecule has 1 aromatic carbocycles. The van der Waals surface area contributed by atoms with Gasteiger partial charge in [0.2, 0.25) is 5.91 Å². The Bertz CT molecular complexity index is 802. The molecule has 0 radical (unpaired) electrons. The minimum atomic E-state index is -0.483. The van der Waals surface area contributed by atoms with E-state index in [1.165, 1.54) is 0 Å². The van der Waals surface area contributed by atoms with Gasteiger partial charge in [-0.25, -0.2) is 4.98 Å². The maximum absolute atomic E-state index is 12.7. The van der Waals surface area contributed by atoms with Crippen molar-refractivity contribution in [2.75, 3.05) is 13.6 Å². The number of rotatable bonds is 4. The third-order valence-corrected chi connectivity index (χ3v) is 4.76. The number of imidazole rings is 1. The van der Waals surface area contributed by atoms with E-state index in [-0.39, 0.29) is 5.91 Å². The predicted molar refractivity (Wildman–Crippen MR) is 92.4 cm³/mol. The molecule has 3 N–H and O–H groups in total. The van der Waals surface area contributed by atoms with Crippen LogP contribution in [0.25, 0.3) is 0 Å². The molecule has 126 valence electrons. The first kappa shape index (κ1) is 16.7. The Labute approximate surface area is 148 Å². The first-order valence-electron chi connectivity index (χ1n) is 7.57. The van der Waals surface area contributed by atoms with E-state index in [2.05, 4.69) is 26.2 Å². The van der Waals surface area contributed by atoms with Crippen molar-refractivity contribution >= 4 is 27.7 Å². The molecule has 24 heavy (non-hydrogen) atoms. The van der Waals surface area contributed by atoms with Gasteiger partial charge in [-0.2, -0.15) is 0 Å². The first-order valence-corrected chi connectivity index (χ1v) is 8.36. The second-order valence-electron chi connectivity index (χ2n) is 5.72. The van der Waals surface area contributed by atoms with Crippen LogP contribution in [0.4, 0.5) is 0 Å². The van der Waals surface area contributed by atoms with Crippen LogP contribution in [0.3, 0.4) is 0 Å². The van der Waals surface area contributed by atoms with Crippen molar-refractivity contribution in [3.8, 4) is 0 Å². The molecule has 2 amide bonds. The van der Waals surface area contributed by atoms with Crippen LogP contribution in [0.5, 0.6) is 0 Å². The van der Waals surface area contributed by atoms with Gasteiger partial charge in [-0.1, -0.05) is 12.1 Å². The third kappa shape index (κ3) is 3.20. The highest BCUT2D eigenvalue weighted by Crippen LogP contribution is 2.22. The minimum Gasteiger partial charge on any atom is -0.366 e. The van der Waals surface area contributed by atoms with E-state index < -0.39 is 5.91 Å². The minimum absolute atomic E-state index is 0.173. The zero-order chi connectivity index (χ0) is 17.3. The number of benzene rings is 1. The van der Waals surface area contributed by atoms with Gasteiger partial charge in [0, 0.05) is 32.2 Å². The molecule has 0 atom stereocenters. The number of halogens is 1. The van der Waals surface area contributed by atoms with Crippen LogP contribution in [0.15, 0.2) is 28.9 Å². The van der Waals surface area contributed by atoms with Crippen molar-refractivity contribution in [1.29, 1.82) is 0 Å². The number of nitrogens with one attached hydrogen (secondary N) is 1. The molecule has 0 saturated carbocycles. The van der Waals surface area contributed by atoms with Gasteiger partial charge in [0.1, 0.15) is 10.4 Å². The average molecular weight is 392 g/mol. The second-order valence-corrected chi connectivity index (χ2v) is 6.47. The number of aromatic nitrogens is 2. The molecule has 0 unspecified atom stereocenters. The maximum Gasteiger partial charge on any atom is 0.275 e. The summed E-state index contributed by atoms with van der Waals surface area (Å²) in [5.41, 5.74) is 6.97. The number of carbonyl (C=O) groups is 2. The fourth-order valence-corrected chi connectivity index (χ4v) is 3.36. The largest absolute Gasteiger partial charge is 0.366 e. The highest BCUT2D eigenvalue weighted by molar-refractivity contribution is 9.10. The molecule has 0 fully saturated rings. The number of carbonyl (C=O) groups excluding carboxylic acids is 2. The van der Waals surface area contributed by atoms with E-state index in [9.17, 15) is 9.59 Å². The van der Waals surface area contributed by atoms with Crippen LogP contribution < -0.4 is 11.1 Å². The first-order chi connectivity index (χ1) is 11.5. The molecule has 3 rings (SSSR count). The molecule has 2 heterocycles. The van der Waals surface area contributed by atoms with Crippen molar-refractivity contribution in [3.63, 3.8) is 0 Å². The molecule has 7 nitrogen and oxygen atoms in total. The summed E-state index contributed by atoms with van der Waals surface area (Å²) in [7, 11) is 1.71. The second kappa shape index (κ2) is 6.74. The smallest absolute Gasteiger partial charge is 0.275 e. The Morgan fingerprint density at radius 3 is 2.96 bits per heavy atom. The Hall–Kier alpha value is -2.19.